The van der Waals surface area contributed by atoms with Crippen molar-refractivity contribution in [2.75, 3.05) is 0 Å². The van der Waals surface area contributed by atoms with Gasteiger partial charge in [0.05, 0.1) is 5.56 Å². The monoisotopic (exact) mass is 287 g/mol. The van der Waals surface area contributed by atoms with Crippen LogP contribution in [0.15, 0.2) is 24.3 Å². The Hall–Kier alpha value is -1.03. The van der Waals surface area contributed by atoms with Crippen molar-refractivity contribution in [3.63, 3.8) is 0 Å². The van der Waals surface area contributed by atoms with Crippen molar-refractivity contribution in [2.24, 2.45) is 5.92 Å². The van der Waals surface area contributed by atoms with Crippen molar-refractivity contribution in [1.82, 2.24) is 5.32 Å². The van der Waals surface area contributed by atoms with Gasteiger partial charge in [-0.05, 0) is 43.9 Å². The van der Waals surface area contributed by atoms with Crippen molar-refractivity contribution >= 4 is 0 Å². The first-order chi connectivity index (χ1) is 9.24. The Morgan fingerprint density at radius 2 is 1.80 bits per heavy atom. The molecule has 114 valence electrons. The van der Waals surface area contributed by atoms with Gasteiger partial charge in [0, 0.05) is 12.1 Å². The van der Waals surface area contributed by atoms with Crippen LogP contribution in [-0.2, 0) is 6.18 Å². The molecule has 0 fully saturated rings. The fourth-order valence-electron chi connectivity index (χ4n) is 2.35. The summed E-state index contributed by atoms with van der Waals surface area (Å²) in [5, 5.41) is 3.37. The predicted octanol–water partition coefficient (Wildman–Crippen LogP) is 5.18. The average molecular weight is 287 g/mol. The molecule has 1 nitrogen and oxygen atoms in total. The fraction of sp³-hybridized carbons (Fsp3) is 0.625. The third-order valence-corrected chi connectivity index (χ3v) is 3.70. The minimum absolute atomic E-state index is 0.0867. The molecule has 0 heterocycles. The molecule has 0 aliphatic heterocycles. The van der Waals surface area contributed by atoms with E-state index in [1.165, 1.54) is 12.1 Å². The van der Waals surface area contributed by atoms with E-state index in [0.29, 0.717) is 11.5 Å². The van der Waals surface area contributed by atoms with Gasteiger partial charge in [-0.25, -0.2) is 0 Å². The first kappa shape index (κ1) is 17.0. The summed E-state index contributed by atoms with van der Waals surface area (Å²) in [6.07, 6.45) is -2.14. The number of alkyl halides is 3. The third-order valence-electron chi connectivity index (χ3n) is 3.70. The maximum absolute atomic E-state index is 12.7. The molecule has 1 rings (SSSR count). The molecule has 0 saturated heterocycles. The molecule has 3 unspecified atom stereocenters. The Balaban J connectivity index is 2.70. The Kier molecular flexibility index (Phi) is 6.06. The Bertz CT molecular complexity index is 414. The number of rotatable bonds is 6. The van der Waals surface area contributed by atoms with E-state index in [1.807, 2.05) is 6.92 Å². The number of hydrogen-bond acceptors (Lipinski definition) is 1. The molecule has 0 bridgehead atoms. The van der Waals surface area contributed by atoms with Crippen molar-refractivity contribution in [3.05, 3.63) is 35.4 Å². The van der Waals surface area contributed by atoms with Crippen LogP contribution in [0.5, 0.6) is 0 Å². The van der Waals surface area contributed by atoms with Gasteiger partial charge in [0.1, 0.15) is 0 Å². The van der Waals surface area contributed by atoms with Gasteiger partial charge >= 0.3 is 6.18 Å². The highest BCUT2D eigenvalue weighted by molar-refractivity contribution is 5.27. The zero-order valence-electron chi connectivity index (χ0n) is 12.6. The van der Waals surface area contributed by atoms with Gasteiger partial charge in [-0.3, -0.25) is 0 Å². The lowest BCUT2D eigenvalue weighted by atomic mass is 9.98. The quantitative estimate of drug-likeness (QED) is 0.760. The summed E-state index contributed by atoms with van der Waals surface area (Å²) in [4.78, 5) is 0. The molecule has 1 N–H and O–H groups in total. The topological polar surface area (TPSA) is 12.0 Å². The molecular formula is C16H24F3N. The van der Waals surface area contributed by atoms with E-state index in [9.17, 15) is 13.2 Å². The smallest absolute Gasteiger partial charge is 0.308 e. The molecule has 0 aliphatic rings. The zero-order valence-corrected chi connectivity index (χ0v) is 12.6. The summed E-state index contributed by atoms with van der Waals surface area (Å²) in [6, 6.07) is 5.75. The van der Waals surface area contributed by atoms with E-state index in [2.05, 4.69) is 26.1 Å². The van der Waals surface area contributed by atoms with Gasteiger partial charge in [-0.2, -0.15) is 13.2 Å². The first-order valence-electron chi connectivity index (χ1n) is 7.17. The summed E-state index contributed by atoms with van der Waals surface area (Å²) in [5.74, 6) is 0.617. The maximum Gasteiger partial charge on any atom is 0.416 e. The van der Waals surface area contributed by atoms with Crippen LogP contribution in [0, 0.1) is 5.92 Å². The van der Waals surface area contributed by atoms with Crippen molar-refractivity contribution in [2.45, 2.75) is 58.8 Å². The van der Waals surface area contributed by atoms with Crippen molar-refractivity contribution in [3.8, 4) is 0 Å². The molecule has 0 aromatic heterocycles. The fourth-order valence-corrected chi connectivity index (χ4v) is 2.35. The predicted molar refractivity (Wildman–Crippen MR) is 76.5 cm³/mol. The van der Waals surface area contributed by atoms with E-state index in [-0.39, 0.29) is 12.1 Å². The minimum atomic E-state index is -4.28. The van der Waals surface area contributed by atoms with Crippen LogP contribution in [0.1, 0.15) is 57.7 Å². The first-order valence-corrected chi connectivity index (χ1v) is 7.17. The number of halogens is 3. The van der Waals surface area contributed by atoms with Gasteiger partial charge in [0.2, 0.25) is 0 Å². The Labute approximate surface area is 119 Å². The van der Waals surface area contributed by atoms with Gasteiger partial charge in [0.15, 0.2) is 0 Å². The van der Waals surface area contributed by atoms with E-state index < -0.39 is 11.7 Å². The van der Waals surface area contributed by atoms with Crippen molar-refractivity contribution < 1.29 is 13.2 Å². The van der Waals surface area contributed by atoms with Crippen LogP contribution < -0.4 is 5.32 Å². The molecule has 0 amide bonds. The molecule has 3 atom stereocenters. The minimum Gasteiger partial charge on any atom is -0.308 e. The number of nitrogens with one attached hydrogen (secondary N) is 1. The lowest BCUT2D eigenvalue weighted by Crippen LogP contribution is -2.30. The van der Waals surface area contributed by atoms with Crippen LogP contribution in [-0.4, -0.2) is 6.04 Å². The van der Waals surface area contributed by atoms with Crippen LogP contribution in [0.25, 0.3) is 0 Å². The SMILES string of the molecule is CCC(C)CC(C)NC(C)c1cccc(C(F)(F)F)c1. The lowest BCUT2D eigenvalue weighted by molar-refractivity contribution is -0.137. The van der Waals surface area contributed by atoms with Crippen LogP contribution in [0.3, 0.4) is 0 Å². The van der Waals surface area contributed by atoms with Crippen molar-refractivity contribution in [1.29, 1.82) is 0 Å². The molecule has 20 heavy (non-hydrogen) atoms. The molecule has 0 aliphatic carbocycles. The normalized spacial score (nSPS) is 16.8. The summed E-state index contributed by atoms with van der Waals surface area (Å²) in [7, 11) is 0. The summed E-state index contributed by atoms with van der Waals surface area (Å²) < 4.78 is 38.1. The van der Waals surface area contributed by atoms with Gasteiger partial charge in [-0.1, -0.05) is 32.4 Å². The third kappa shape index (κ3) is 5.16. The molecule has 0 spiro atoms. The van der Waals surface area contributed by atoms with Gasteiger partial charge < -0.3 is 5.32 Å². The van der Waals surface area contributed by atoms with Crippen LogP contribution in [0.2, 0.25) is 0 Å². The summed E-state index contributed by atoms with van der Waals surface area (Å²) in [5.41, 5.74) is 0.0917. The lowest BCUT2D eigenvalue weighted by Gasteiger charge is -2.23. The second-order valence-electron chi connectivity index (χ2n) is 5.66. The largest absolute Gasteiger partial charge is 0.416 e. The second kappa shape index (κ2) is 7.11. The number of hydrogen-bond donors (Lipinski definition) is 1. The highest BCUT2D eigenvalue weighted by atomic mass is 19.4. The zero-order chi connectivity index (χ0) is 15.3. The molecule has 4 heteroatoms. The van der Waals surface area contributed by atoms with Gasteiger partial charge in [0.25, 0.3) is 0 Å². The van der Waals surface area contributed by atoms with Crippen LogP contribution in [0.4, 0.5) is 13.2 Å². The molecule has 1 aromatic rings. The van der Waals surface area contributed by atoms with E-state index in [4.69, 9.17) is 0 Å². The van der Waals surface area contributed by atoms with E-state index >= 15 is 0 Å². The highest BCUT2D eigenvalue weighted by Crippen LogP contribution is 2.30. The number of benzene rings is 1. The average Bonchev–Trinajstić information content (AvgIpc) is 2.37. The Morgan fingerprint density at radius 1 is 1.15 bits per heavy atom. The standard InChI is InChI=1S/C16H24F3N/c1-5-11(2)9-12(3)20-13(4)14-7-6-8-15(10-14)16(17,18)19/h6-8,10-13,20H,5,9H2,1-4H3. The van der Waals surface area contributed by atoms with Gasteiger partial charge in [-0.15, -0.1) is 0 Å². The van der Waals surface area contributed by atoms with Crippen LogP contribution >= 0.6 is 0 Å². The molecular weight excluding hydrogens is 263 g/mol. The highest BCUT2D eigenvalue weighted by Gasteiger charge is 2.30. The van der Waals surface area contributed by atoms with E-state index in [1.54, 1.807) is 6.07 Å². The molecule has 1 aromatic carbocycles. The summed E-state index contributed by atoms with van der Waals surface area (Å²) >= 11 is 0. The maximum atomic E-state index is 12.7. The second-order valence-corrected chi connectivity index (χ2v) is 5.66. The van der Waals surface area contributed by atoms with E-state index in [0.717, 1.165) is 18.9 Å². The summed E-state index contributed by atoms with van der Waals surface area (Å²) in [6.45, 7) is 8.32. The molecule has 0 radical (unpaired) electrons. The molecule has 0 saturated carbocycles. The Morgan fingerprint density at radius 3 is 2.35 bits per heavy atom.